The van der Waals surface area contributed by atoms with Crippen LogP contribution in [0.1, 0.15) is 86.5 Å². The van der Waals surface area contributed by atoms with Gasteiger partial charge in [0.1, 0.15) is 19.3 Å². The summed E-state index contributed by atoms with van der Waals surface area (Å²) >= 11 is 0. The van der Waals surface area contributed by atoms with E-state index in [9.17, 15) is 48.9 Å². The van der Waals surface area contributed by atoms with Gasteiger partial charge in [-0.25, -0.2) is 4.79 Å². The molecule has 4 aromatic carbocycles. The Kier molecular flexibility index (Phi) is 16.1. The standard InChI is InChI=1S/C60H62N8O13/c1-58-23-22-43(70)27-40(58)16-19-44-45-28-49-60(48(72)31-69,59(45,2)29-47(71)53(44)58)81-56(80-49)39-14-8-34(9-15-39)24-37-4-3-5-42(25-37)65-57(78)79-32-36-10-17-41(18-11-36)64-55(77)46(20-21-52(75)76)66-51(74)30-61-50(73)26-35-6-12-38(13-7-35)54-67-62-33-63-68-54/h3-15,17-18,22-23,25,27,33,44-47,49,53,56,69,71H,16,19-21,24,26,28-32H2,1-2H3,(H,61,73)(H,64,77)(H,65,78)(H,66,74)(H,75,76)/t44-,45-,46-,47-,49+,53+,56?,58-,59-,60+/m0/s1. The number of Topliss-reactive ketones (excluding diaryl/α,β-unsaturated/α-hetero) is 1. The zero-order chi connectivity index (χ0) is 57.1. The molecule has 0 radical (unpaired) electrons. The number of nitrogens with zero attached hydrogens (tertiary/aromatic N) is 4. The van der Waals surface area contributed by atoms with E-state index in [2.05, 4.69) is 48.6 Å². The third kappa shape index (κ3) is 11.7. The van der Waals surface area contributed by atoms with Crippen molar-refractivity contribution in [2.24, 2.45) is 28.6 Å². The quantitative estimate of drug-likeness (QED) is 0.0535. The second kappa shape index (κ2) is 23.4. The number of aliphatic carboxylic acids is 1. The normalized spacial score (nSPS) is 26.3. The first kappa shape index (κ1) is 55.9. The first-order valence-electron chi connectivity index (χ1n) is 26.9. The molecule has 7 N–H and O–H groups in total. The van der Waals surface area contributed by atoms with Crippen molar-refractivity contribution in [2.75, 3.05) is 23.8 Å². The molecule has 1 saturated heterocycles. The van der Waals surface area contributed by atoms with Gasteiger partial charge in [-0.3, -0.25) is 34.1 Å². The van der Waals surface area contributed by atoms with Gasteiger partial charge in [-0.1, -0.05) is 98.3 Å². The first-order valence-corrected chi connectivity index (χ1v) is 26.9. The largest absolute Gasteiger partial charge is 0.481 e. The Balaban J connectivity index is 0.685. The molecule has 1 aromatic heterocycles. The molecule has 1 unspecified atom stereocenters. The Morgan fingerprint density at radius 3 is 2.31 bits per heavy atom. The van der Waals surface area contributed by atoms with Crippen LogP contribution in [0, 0.1) is 28.6 Å². The number of carboxylic acid groups (broad SMARTS) is 1. The Bertz CT molecular complexity index is 3290. The summed E-state index contributed by atoms with van der Waals surface area (Å²) in [6.07, 6.45) is 5.64. The number of ketones is 2. The second-order valence-corrected chi connectivity index (χ2v) is 21.9. The zero-order valence-electron chi connectivity index (χ0n) is 44.6. The number of aliphatic hydroxyl groups excluding tert-OH is 2. The number of aromatic nitrogens is 4. The minimum Gasteiger partial charge on any atom is -0.481 e. The van der Waals surface area contributed by atoms with Gasteiger partial charge >= 0.3 is 12.1 Å². The topological polar surface area (TPSA) is 308 Å². The number of rotatable bonds is 19. The van der Waals surface area contributed by atoms with Crippen LogP contribution in [-0.4, -0.2) is 114 Å². The van der Waals surface area contributed by atoms with Gasteiger partial charge in [0, 0.05) is 45.7 Å². The van der Waals surface area contributed by atoms with Gasteiger partial charge in [-0.15, -0.1) is 20.4 Å². The van der Waals surface area contributed by atoms with E-state index in [1.54, 1.807) is 66.7 Å². The number of anilines is 2. The van der Waals surface area contributed by atoms with Gasteiger partial charge in [0.15, 0.2) is 29.8 Å². The summed E-state index contributed by atoms with van der Waals surface area (Å²) < 4.78 is 18.9. The number of allylic oxidation sites excluding steroid dienone is 4. The average Bonchev–Trinajstić information content (AvgIpc) is 3.95. The highest BCUT2D eigenvalue weighted by Crippen LogP contribution is 2.70. The number of carboxylic acids is 1. The highest BCUT2D eigenvalue weighted by atomic mass is 16.7. The fourth-order valence-corrected chi connectivity index (χ4v) is 13.1. The van der Waals surface area contributed by atoms with Crippen LogP contribution < -0.4 is 21.3 Å². The predicted octanol–water partition coefficient (Wildman–Crippen LogP) is 5.52. The number of fused-ring (bicyclic) bond motifs is 7. The zero-order valence-corrected chi connectivity index (χ0v) is 44.6. The lowest BCUT2D eigenvalue weighted by atomic mass is 9.46. The number of nitrogens with one attached hydrogen (secondary N) is 4. The number of amides is 4. The smallest absolute Gasteiger partial charge is 0.411 e. The molecule has 10 rings (SSSR count). The van der Waals surface area contributed by atoms with Gasteiger partial charge in [0.2, 0.25) is 23.5 Å². The second-order valence-electron chi connectivity index (χ2n) is 21.9. The average molecular weight is 1100 g/mol. The van der Waals surface area contributed by atoms with Crippen molar-refractivity contribution in [3.05, 3.63) is 155 Å². The lowest BCUT2D eigenvalue weighted by Gasteiger charge is -2.59. The van der Waals surface area contributed by atoms with E-state index in [0.29, 0.717) is 52.3 Å². The molecule has 1 aliphatic heterocycles. The molecule has 5 aliphatic rings. The first-order chi connectivity index (χ1) is 38.9. The molecule has 21 heteroatoms. The van der Waals surface area contributed by atoms with E-state index in [4.69, 9.17) is 14.2 Å². The number of benzene rings is 4. The minimum atomic E-state index is -1.46. The third-order valence-corrected chi connectivity index (χ3v) is 16.9. The Labute approximate surface area is 466 Å². The summed E-state index contributed by atoms with van der Waals surface area (Å²) in [5.41, 5.74) is 3.59. The Morgan fingerprint density at radius 2 is 1.58 bits per heavy atom. The van der Waals surface area contributed by atoms with Crippen LogP contribution >= 0.6 is 0 Å². The fourth-order valence-electron chi connectivity index (χ4n) is 13.1. The third-order valence-electron chi connectivity index (χ3n) is 16.9. The maximum atomic E-state index is 14.0. The van der Waals surface area contributed by atoms with Gasteiger partial charge in [-0.05, 0) is 109 Å². The highest BCUT2D eigenvalue weighted by molar-refractivity contribution is 6.01. The van der Waals surface area contributed by atoms with Gasteiger partial charge in [0.05, 0.1) is 25.2 Å². The SMILES string of the molecule is C[C@]12C=CC(=O)C=C1CC[C@@H]1[C@@H]2[C@@H](O)C[C@@]2(C)[C@H]1C[C@H]1OC(c3ccc(Cc4cccc(NC(=O)OCc5ccc(NC(=O)[C@H](CCC(=O)O)NC(=O)CNC(=O)Cc6ccc(-c7nncnn7)cc6)cc5)c4)cc3)O[C@]12C(=O)CO. The van der Waals surface area contributed by atoms with Crippen molar-refractivity contribution in [3.8, 4) is 11.4 Å². The molecular formula is C60H62N8O13. The lowest BCUT2D eigenvalue weighted by molar-refractivity contribution is -0.201. The van der Waals surface area contributed by atoms with E-state index < -0.39 is 96.1 Å². The molecule has 21 nitrogen and oxygen atoms in total. The molecule has 2 heterocycles. The van der Waals surface area contributed by atoms with Gasteiger partial charge in [-0.2, -0.15) is 0 Å². The molecule has 0 bridgehead atoms. The number of hydrogen-bond acceptors (Lipinski definition) is 16. The predicted molar refractivity (Wildman–Crippen MR) is 290 cm³/mol. The van der Waals surface area contributed by atoms with Crippen LogP contribution in [0.25, 0.3) is 11.4 Å². The molecule has 10 atom stereocenters. The van der Waals surface area contributed by atoms with Gasteiger partial charge < -0.3 is 45.5 Å². The molecule has 4 aliphatic carbocycles. The van der Waals surface area contributed by atoms with Crippen LogP contribution in [-0.2, 0) is 62.4 Å². The summed E-state index contributed by atoms with van der Waals surface area (Å²) in [5.74, 6) is -3.28. The van der Waals surface area contributed by atoms with Crippen molar-refractivity contribution in [3.63, 3.8) is 0 Å². The summed E-state index contributed by atoms with van der Waals surface area (Å²) in [6.45, 7) is 2.83. The van der Waals surface area contributed by atoms with Crippen LogP contribution in [0.5, 0.6) is 0 Å². The Morgan fingerprint density at radius 1 is 0.852 bits per heavy atom. The summed E-state index contributed by atoms with van der Waals surface area (Å²) in [5, 5.41) is 57.3. The number of hydrogen-bond donors (Lipinski definition) is 7. The van der Waals surface area contributed by atoms with E-state index in [0.717, 1.165) is 29.5 Å². The molecule has 3 saturated carbocycles. The van der Waals surface area contributed by atoms with E-state index in [-0.39, 0.29) is 49.4 Å². The molecule has 0 spiro atoms. The minimum absolute atomic E-state index is 0.0214. The fraction of sp³-hybridized carbons (Fsp3) is 0.383. The van der Waals surface area contributed by atoms with Crippen LogP contribution in [0.4, 0.5) is 16.2 Å². The van der Waals surface area contributed by atoms with Crippen molar-refractivity contribution in [2.45, 2.75) is 102 Å². The molecule has 4 amide bonds. The number of carbonyl (C=O) groups excluding carboxylic acids is 6. The number of carbonyl (C=O) groups is 7. The van der Waals surface area contributed by atoms with E-state index in [1.807, 2.05) is 55.5 Å². The number of ether oxygens (including phenoxy) is 3. The van der Waals surface area contributed by atoms with Crippen LogP contribution in [0.3, 0.4) is 0 Å². The number of aliphatic hydroxyl groups is 2. The van der Waals surface area contributed by atoms with Gasteiger partial charge in [0.25, 0.3) is 0 Å². The van der Waals surface area contributed by atoms with Crippen molar-refractivity contribution in [1.82, 2.24) is 31.0 Å². The lowest BCUT2D eigenvalue weighted by Crippen LogP contribution is -2.63. The molecule has 81 heavy (non-hydrogen) atoms. The van der Waals surface area contributed by atoms with E-state index >= 15 is 0 Å². The monoisotopic (exact) mass is 1100 g/mol. The Hall–Kier alpha value is -8.37. The maximum Gasteiger partial charge on any atom is 0.411 e. The summed E-state index contributed by atoms with van der Waals surface area (Å²) in [7, 11) is 0. The molecule has 5 aromatic rings. The summed E-state index contributed by atoms with van der Waals surface area (Å²) in [4.78, 5) is 89.4. The van der Waals surface area contributed by atoms with Crippen molar-refractivity contribution in [1.29, 1.82) is 0 Å². The molecular weight excluding hydrogens is 1040 g/mol. The molecule has 420 valence electrons. The van der Waals surface area contributed by atoms with Crippen LogP contribution in [0.2, 0.25) is 0 Å². The summed E-state index contributed by atoms with van der Waals surface area (Å²) in [6, 6.07) is 27.0. The van der Waals surface area contributed by atoms with E-state index in [1.165, 1.54) is 6.33 Å². The molecule has 4 fully saturated rings. The maximum absolute atomic E-state index is 14.0. The van der Waals surface area contributed by atoms with Crippen molar-refractivity contribution < 1.29 is 63.1 Å². The van der Waals surface area contributed by atoms with Crippen molar-refractivity contribution >= 4 is 52.7 Å². The van der Waals surface area contributed by atoms with Crippen LogP contribution in [0.15, 0.2) is 127 Å². The highest BCUT2D eigenvalue weighted by Gasteiger charge is 2.76.